The van der Waals surface area contributed by atoms with Crippen LogP contribution in [0, 0.1) is 13.8 Å². The molecule has 0 aliphatic heterocycles. The molecule has 25 heavy (non-hydrogen) atoms. The molecule has 1 aromatic heterocycles. The van der Waals surface area contributed by atoms with E-state index in [0.29, 0.717) is 0 Å². The lowest BCUT2D eigenvalue weighted by molar-refractivity contribution is -0.660. The van der Waals surface area contributed by atoms with Crippen molar-refractivity contribution in [2.45, 2.75) is 13.8 Å². The Bertz CT molecular complexity index is 1160. The zero-order valence-corrected chi connectivity index (χ0v) is 14.8. The van der Waals surface area contributed by atoms with E-state index in [4.69, 9.17) is 0 Å². The van der Waals surface area contributed by atoms with E-state index in [2.05, 4.69) is 92.3 Å². The number of rotatable bonds is 1. The highest BCUT2D eigenvalue weighted by Crippen LogP contribution is 2.49. The first-order chi connectivity index (χ1) is 12.1. The summed E-state index contributed by atoms with van der Waals surface area (Å²) in [6, 6.07) is 22.3. The highest BCUT2D eigenvalue weighted by molar-refractivity contribution is 6.16. The molecule has 4 aromatic rings. The molecule has 0 amide bonds. The number of pyridine rings is 1. The third kappa shape index (κ3) is 1.93. The van der Waals surface area contributed by atoms with Gasteiger partial charge in [-0.25, -0.2) is 4.57 Å². The Morgan fingerprint density at radius 2 is 1.44 bits per heavy atom. The third-order valence-electron chi connectivity index (χ3n) is 5.51. The molecule has 0 bridgehead atoms. The van der Waals surface area contributed by atoms with Crippen molar-refractivity contribution in [2.24, 2.45) is 7.05 Å². The van der Waals surface area contributed by atoms with Crippen LogP contribution in [0.3, 0.4) is 0 Å². The largest absolute Gasteiger partial charge is 0.212 e. The lowest BCUT2D eigenvalue weighted by atomic mass is 9.93. The Labute approximate surface area is 148 Å². The summed E-state index contributed by atoms with van der Waals surface area (Å²) < 4.78 is 2.21. The van der Waals surface area contributed by atoms with Crippen molar-refractivity contribution in [1.82, 2.24) is 0 Å². The fourth-order valence-electron chi connectivity index (χ4n) is 4.28. The van der Waals surface area contributed by atoms with E-state index >= 15 is 0 Å². The van der Waals surface area contributed by atoms with Crippen molar-refractivity contribution in [3.63, 3.8) is 0 Å². The summed E-state index contributed by atoms with van der Waals surface area (Å²) in [6.45, 7) is 4.42. The molecule has 0 N–H and O–H groups in total. The number of nitrogens with zero attached hydrogens (tertiary/aromatic N) is 1. The van der Waals surface area contributed by atoms with Gasteiger partial charge >= 0.3 is 0 Å². The summed E-state index contributed by atoms with van der Waals surface area (Å²) in [4.78, 5) is 0. The van der Waals surface area contributed by atoms with E-state index in [1.165, 1.54) is 55.4 Å². The lowest BCUT2D eigenvalue weighted by Gasteiger charge is -2.11. The van der Waals surface area contributed by atoms with Crippen molar-refractivity contribution in [3.8, 4) is 33.5 Å². The molecule has 1 heterocycles. The van der Waals surface area contributed by atoms with E-state index in [-0.39, 0.29) is 0 Å². The summed E-state index contributed by atoms with van der Waals surface area (Å²) in [6.07, 6.45) is 2.15. The molecule has 5 rings (SSSR count). The highest BCUT2D eigenvalue weighted by atomic mass is 14.9. The van der Waals surface area contributed by atoms with Gasteiger partial charge in [0.15, 0.2) is 6.20 Å². The van der Waals surface area contributed by atoms with Gasteiger partial charge in [-0.05, 0) is 64.1 Å². The van der Waals surface area contributed by atoms with Crippen LogP contribution in [0.5, 0.6) is 0 Å². The molecule has 0 saturated carbocycles. The maximum Gasteiger partial charge on any atom is 0.212 e. The van der Waals surface area contributed by atoms with Crippen LogP contribution in [0.25, 0.3) is 44.3 Å². The smallest absolute Gasteiger partial charge is 0.201 e. The second-order valence-electron chi connectivity index (χ2n) is 7.07. The second kappa shape index (κ2) is 5.03. The van der Waals surface area contributed by atoms with Crippen molar-refractivity contribution in [2.75, 3.05) is 0 Å². The summed E-state index contributed by atoms with van der Waals surface area (Å²) >= 11 is 0. The highest BCUT2D eigenvalue weighted by Gasteiger charge is 2.25. The number of benzene rings is 3. The minimum absolute atomic E-state index is 1.27. The summed E-state index contributed by atoms with van der Waals surface area (Å²) in [7, 11) is 2.12. The van der Waals surface area contributed by atoms with Crippen LogP contribution in [0.15, 0.2) is 66.9 Å². The SMILES string of the molecule is Cc1cc[n+](C)c(-c2ccc3c(c2C)-c2cccc4cccc-3c24)c1. The van der Waals surface area contributed by atoms with Crippen LogP contribution in [-0.4, -0.2) is 0 Å². The Hall–Kier alpha value is -2.93. The van der Waals surface area contributed by atoms with Crippen molar-refractivity contribution in [3.05, 3.63) is 78.0 Å². The lowest BCUT2D eigenvalue weighted by Crippen LogP contribution is -2.30. The van der Waals surface area contributed by atoms with Crippen LogP contribution in [0.1, 0.15) is 11.1 Å². The van der Waals surface area contributed by atoms with Gasteiger partial charge in [-0.1, -0.05) is 42.5 Å². The van der Waals surface area contributed by atoms with E-state index in [9.17, 15) is 0 Å². The topological polar surface area (TPSA) is 3.88 Å². The molecule has 0 fully saturated rings. The molecule has 0 unspecified atom stereocenters. The number of hydrogen-bond acceptors (Lipinski definition) is 0. The maximum absolute atomic E-state index is 2.30. The average molecular weight is 322 g/mol. The summed E-state index contributed by atoms with van der Waals surface area (Å²) in [5.74, 6) is 0. The minimum atomic E-state index is 1.27. The maximum atomic E-state index is 2.30. The summed E-state index contributed by atoms with van der Waals surface area (Å²) in [5, 5.41) is 2.72. The van der Waals surface area contributed by atoms with Gasteiger partial charge in [-0.15, -0.1) is 0 Å². The van der Waals surface area contributed by atoms with Crippen LogP contribution in [0.4, 0.5) is 0 Å². The number of aryl methyl sites for hydroxylation is 2. The van der Waals surface area contributed by atoms with Crippen molar-refractivity contribution < 1.29 is 4.57 Å². The van der Waals surface area contributed by atoms with E-state index < -0.39 is 0 Å². The standard InChI is InChI=1S/C24H20N/c1-15-12-13-25(3)22(14-15)18-10-11-20-19-8-4-6-17-7-5-9-21(24(17)19)23(20)16(18)2/h4-14H,1-3H3/q+1. The van der Waals surface area contributed by atoms with Crippen LogP contribution >= 0.6 is 0 Å². The normalized spacial score (nSPS) is 11.8. The zero-order chi connectivity index (χ0) is 17.1. The molecule has 3 aromatic carbocycles. The van der Waals surface area contributed by atoms with Gasteiger partial charge in [0.05, 0.1) is 0 Å². The van der Waals surface area contributed by atoms with Gasteiger partial charge in [0.2, 0.25) is 5.69 Å². The predicted octanol–water partition coefficient (Wildman–Crippen LogP) is 5.60. The van der Waals surface area contributed by atoms with Crippen LogP contribution in [0.2, 0.25) is 0 Å². The Morgan fingerprint density at radius 3 is 2.24 bits per heavy atom. The third-order valence-corrected chi connectivity index (χ3v) is 5.51. The van der Waals surface area contributed by atoms with E-state index in [1.807, 2.05) is 0 Å². The molecule has 1 aliphatic carbocycles. The predicted molar refractivity (Wildman–Crippen MR) is 104 cm³/mol. The molecular formula is C24H20N+. The number of aromatic nitrogens is 1. The molecule has 1 aliphatic rings. The summed E-state index contributed by atoms with van der Waals surface area (Å²) in [5.41, 5.74) is 10.7. The molecule has 0 spiro atoms. The fraction of sp³-hybridized carbons (Fsp3) is 0.125. The quantitative estimate of drug-likeness (QED) is 0.354. The van der Waals surface area contributed by atoms with Crippen molar-refractivity contribution >= 4 is 10.8 Å². The molecular weight excluding hydrogens is 302 g/mol. The zero-order valence-electron chi connectivity index (χ0n) is 14.8. The molecule has 0 saturated heterocycles. The van der Waals surface area contributed by atoms with Crippen LogP contribution < -0.4 is 4.57 Å². The first kappa shape index (κ1) is 14.4. The van der Waals surface area contributed by atoms with Gasteiger partial charge in [0, 0.05) is 17.7 Å². The van der Waals surface area contributed by atoms with Gasteiger partial charge in [-0.3, -0.25) is 0 Å². The molecule has 120 valence electrons. The number of fused-ring (bicyclic) bond motifs is 3. The van der Waals surface area contributed by atoms with Crippen LogP contribution in [-0.2, 0) is 7.05 Å². The molecule has 1 nitrogen and oxygen atoms in total. The second-order valence-corrected chi connectivity index (χ2v) is 7.07. The van der Waals surface area contributed by atoms with Gasteiger partial charge in [0.25, 0.3) is 0 Å². The van der Waals surface area contributed by atoms with Gasteiger partial charge < -0.3 is 0 Å². The average Bonchev–Trinajstić information content (AvgIpc) is 2.95. The van der Waals surface area contributed by atoms with E-state index in [1.54, 1.807) is 0 Å². The minimum Gasteiger partial charge on any atom is -0.201 e. The van der Waals surface area contributed by atoms with Gasteiger partial charge in [-0.2, -0.15) is 0 Å². The Kier molecular flexibility index (Phi) is 2.90. The Morgan fingerprint density at radius 1 is 0.720 bits per heavy atom. The van der Waals surface area contributed by atoms with Crippen molar-refractivity contribution in [1.29, 1.82) is 0 Å². The Balaban J connectivity index is 1.86. The van der Waals surface area contributed by atoms with E-state index in [0.717, 1.165) is 0 Å². The number of hydrogen-bond donors (Lipinski definition) is 0. The van der Waals surface area contributed by atoms with Gasteiger partial charge in [0.1, 0.15) is 7.05 Å². The first-order valence-corrected chi connectivity index (χ1v) is 8.78. The molecule has 0 radical (unpaired) electrons. The fourth-order valence-corrected chi connectivity index (χ4v) is 4.28. The first-order valence-electron chi connectivity index (χ1n) is 8.78. The monoisotopic (exact) mass is 322 g/mol. The molecule has 0 atom stereocenters. The molecule has 1 heteroatoms.